The van der Waals surface area contributed by atoms with Crippen LogP contribution in [0.1, 0.15) is 22.5 Å². The van der Waals surface area contributed by atoms with Gasteiger partial charge in [0, 0.05) is 37.6 Å². The molecule has 0 saturated heterocycles. The van der Waals surface area contributed by atoms with Gasteiger partial charge < -0.3 is 0 Å². The highest BCUT2D eigenvalue weighted by molar-refractivity contribution is 5.63. The minimum atomic E-state index is -0.751. The van der Waals surface area contributed by atoms with Crippen LogP contribution in [0.5, 0.6) is 0 Å². The summed E-state index contributed by atoms with van der Waals surface area (Å²) in [5.74, 6) is 0. The van der Waals surface area contributed by atoms with Gasteiger partial charge in [0.1, 0.15) is 5.41 Å². The summed E-state index contributed by atoms with van der Waals surface area (Å²) in [6.07, 6.45) is 7.67. The molecule has 0 aliphatic rings. The van der Waals surface area contributed by atoms with E-state index in [9.17, 15) is 0 Å². The number of aryl methyl sites for hydroxylation is 2. The van der Waals surface area contributed by atoms with Gasteiger partial charge in [-0.15, -0.1) is 0 Å². The minimum absolute atomic E-state index is 0.751. The fourth-order valence-corrected chi connectivity index (χ4v) is 4.98. The maximum atomic E-state index is 5.25. The van der Waals surface area contributed by atoms with Gasteiger partial charge in [0.25, 0.3) is 0 Å². The average molecular weight is 483 g/mol. The van der Waals surface area contributed by atoms with Crippen molar-refractivity contribution in [2.45, 2.75) is 5.41 Å². The van der Waals surface area contributed by atoms with E-state index in [1.54, 1.807) is 9.36 Å². The summed E-state index contributed by atoms with van der Waals surface area (Å²) in [6, 6.07) is 33.4. The Morgan fingerprint density at radius 1 is 0.514 bits per heavy atom. The first-order valence-electron chi connectivity index (χ1n) is 12.2. The zero-order valence-electron chi connectivity index (χ0n) is 20.7. The monoisotopic (exact) mass is 482 g/mol. The molecule has 37 heavy (non-hydrogen) atoms. The molecule has 0 unspecified atom stereocenters. The van der Waals surface area contributed by atoms with Crippen molar-refractivity contribution in [3.8, 4) is 22.5 Å². The molecule has 6 rings (SSSR count). The third kappa shape index (κ3) is 4.02. The second kappa shape index (κ2) is 9.32. The molecule has 6 heteroatoms. The quantitative estimate of drug-likeness (QED) is 0.307. The number of nitrogens with zero attached hydrogens (tertiary/aromatic N) is 6. The zero-order valence-corrected chi connectivity index (χ0v) is 20.7. The summed E-state index contributed by atoms with van der Waals surface area (Å²) in [7, 11) is 3.83. The van der Waals surface area contributed by atoms with Gasteiger partial charge in [0.2, 0.25) is 0 Å². The second-order valence-corrected chi connectivity index (χ2v) is 9.10. The first kappa shape index (κ1) is 22.6. The molecule has 0 aliphatic carbocycles. The second-order valence-electron chi connectivity index (χ2n) is 9.10. The van der Waals surface area contributed by atoms with Gasteiger partial charge in [-0.1, -0.05) is 72.8 Å². The van der Waals surface area contributed by atoms with Crippen LogP contribution in [0.3, 0.4) is 0 Å². The van der Waals surface area contributed by atoms with Gasteiger partial charge in [-0.2, -0.15) is 10.2 Å². The Hall–Kier alpha value is -4.84. The molecular weight excluding hydrogens is 456 g/mol. The Morgan fingerprint density at radius 2 is 0.946 bits per heavy atom. The van der Waals surface area contributed by atoms with E-state index in [0.717, 1.165) is 45.0 Å². The Bertz CT molecular complexity index is 1520. The minimum Gasteiger partial charge on any atom is -0.275 e. The van der Waals surface area contributed by atoms with Crippen LogP contribution in [-0.2, 0) is 19.5 Å². The Kier molecular flexibility index (Phi) is 5.69. The number of benzene rings is 2. The predicted molar refractivity (Wildman–Crippen MR) is 145 cm³/mol. The molecule has 180 valence electrons. The topological polar surface area (TPSA) is 61.4 Å². The van der Waals surface area contributed by atoms with Crippen molar-refractivity contribution in [3.05, 3.63) is 144 Å². The molecule has 4 aromatic heterocycles. The third-order valence-electron chi connectivity index (χ3n) is 6.68. The Labute approximate surface area is 215 Å². The summed E-state index contributed by atoms with van der Waals surface area (Å²) in [5, 5.41) is 8.73. The molecule has 0 spiro atoms. The maximum absolute atomic E-state index is 5.25. The molecule has 0 fully saturated rings. The number of aromatic nitrogens is 6. The SMILES string of the molecule is Cn1cc(-c2cccc(C(c3ccccc3)(c3ccccc3)c3cccc(-c4cnn(C)c4)n3)n2)cn1. The highest BCUT2D eigenvalue weighted by Gasteiger charge is 2.41. The van der Waals surface area contributed by atoms with Gasteiger partial charge in [0.05, 0.1) is 35.2 Å². The van der Waals surface area contributed by atoms with E-state index < -0.39 is 5.41 Å². The van der Waals surface area contributed by atoms with E-state index in [4.69, 9.17) is 9.97 Å². The van der Waals surface area contributed by atoms with Crippen LogP contribution in [0.2, 0.25) is 0 Å². The van der Waals surface area contributed by atoms with Crippen LogP contribution < -0.4 is 0 Å². The Balaban J connectivity index is 1.67. The van der Waals surface area contributed by atoms with Crippen LogP contribution in [-0.4, -0.2) is 29.5 Å². The van der Waals surface area contributed by atoms with Gasteiger partial charge in [-0.05, 0) is 35.4 Å². The molecule has 4 heterocycles. The molecule has 6 nitrogen and oxygen atoms in total. The number of hydrogen-bond acceptors (Lipinski definition) is 4. The molecular formula is C31H26N6. The summed E-state index contributed by atoms with van der Waals surface area (Å²) >= 11 is 0. The maximum Gasteiger partial charge on any atom is 0.105 e. The van der Waals surface area contributed by atoms with Crippen molar-refractivity contribution in [3.63, 3.8) is 0 Å². The molecule has 2 aromatic carbocycles. The molecule has 0 N–H and O–H groups in total. The molecule has 6 aromatic rings. The summed E-state index contributed by atoms with van der Waals surface area (Å²) in [6.45, 7) is 0. The van der Waals surface area contributed by atoms with Gasteiger partial charge >= 0.3 is 0 Å². The van der Waals surface area contributed by atoms with Crippen LogP contribution >= 0.6 is 0 Å². The predicted octanol–water partition coefficient (Wildman–Crippen LogP) is 5.66. The van der Waals surface area contributed by atoms with Crippen LogP contribution in [0, 0.1) is 0 Å². The van der Waals surface area contributed by atoms with E-state index in [1.807, 2.05) is 63.1 Å². The van der Waals surface area contributed by atoms with Crippen molar-refractivity contribution in [1.29, 1.82) is 0 Å². The van der Waals surface area contributed by atoms with Crippen molar-refractivity contribution in [2.75, 3.05) is 0 Å². The molecule has 0 amide bonds. The van der Waals surface area contributed by atoms with E-state index in [0.29, 0.717) is 0 Å². The van der Waals surface area contributed by atoms with Gasteiger partial charge in [0.15, 0.2) is 0 Å². The molecule has 0 radical (unpaired) electrons. The van der Waals surface area contributed by atoms with Crippen molar-refractivity contribution >= 4 is 0 Å². The lowest BCUT2D eigenvalue weighted by Crippen LogP contribution is -2.33. The fourth-order valence-electron chi connectivity index (χ4n) is 4.98. The first-order valence-corrected chi connectivity index (χ1v) is 12.2. The molecule has 0 bridgehead atoms. The van der Waals surface area contributed by atoms with E-state index in [2.05, 4.69) is 83.0 Å². The fraction of sp³-hybridized carbons (Fsp3) is 0.0968. The molecule has 0 aliphatic heterocycles. The highest BCUT2D eigenvalue weighted by Crippen LogP contribution is 2.44. The normalized spacial score (nSPS) is 11.5. The number of pyridine rings is 2. The van der Waals surface area contributed by atoms with Gasteiger partial charge in [-0.3, -0.25) is 19.3 Å². The van der Waals surface area contributed by atoms with Crippen molar-refractivity contribution in [1.82, 2.24) is 29.5 Å². The lowest BCUT2D eigenvalue weighted by atomic mass is 9.69. The van der Waals surface area contributed by atoms with E-state index in [1.165, 1.54) is 0 Å². The summed E-state index contributed by atoms with van der Waals surface area (Å²) < 4.78 is 3.59. The number of rotatable bonds is 6. The summed E-state index contributed by atoms with van der Waals surface area (Å²) in [4.78, 5) is 10.5. The zero-order chi connectivity index (χ0) is 25.2. The van der Waals surface area contributed by atoms with Crippen LogP contribution in [0.4, 0.5) is 0 Å². The largest absolute Gasteiger partial charge is 0.275 e. The molecule has 0 atom stereocenters. The van der Waals surface area contributed by atoms with Crippen molar-refractivity contribution in [2.24, 2.45) is 14.1 Å². The van der Waals surface area contributed by atoms with Crippen LogP contribution in [0.25, 0.3) is 22.5 Å². The van der Waals surface area contributed by atoms with Crippen LogP contribution in [0.15, 0.2) is 122 Å². The van der Waals surface area contributed by atoms with E-state index >= 15 is 0 Å². The third-order valence-corrected chi connectivity index (χ3v) is 6.68. The summed E-state index contributed by atoms with van der Waals surface area (Å²) in [5.41, 5.74) is 6.88. The molecule has 0 saturated carbocycles. The number of hydrogen-bond donors (Lipinski definition) is 0. The van der Waals surface area contributed by atoms with Crippen molar-refractivity contribution < 1.29 is 0 Å². The Morgan fingerprint density at radius 3 is 1.32 bits per heavy atom. The lowest BCUT2D eigenvalue weighted by molar-refractivity contribution is 0.689. The van der Waals surface area contributed by atoms with Gasteiger partial charge in [-0.25, -0.2) is 0 Å². The standard InChI is InChI=1S/C31H26N6/c1-36-21-23(19-32-36)27-15-9-17-29(34-27)31(25-11-5-3-6-12-25,26-13-7-4-8-14-26)30-18-10-16-28(35-30)24-20-33-37(2)22-24/h3-22H,1-2H3. The first-order chi connectivity index (χ1) is 18.1. The smallest absolute Gasteiger partial charge is 0.105 e. The lowest BCUT2D eigenvalue weighted by Gasteiger charge is -2.35. The van der Waals surface area contributed by atoms with E-state index in [-0.39, 0.29) is 0 Å². The highest BCUT2D eigenvalue weighted by atomic mass is 15.2. The average Bonchev–Trinajstić information content (AvgIpc) is 3.59.